The molecular formula is C26H21FN4O2S. The smallest absolute Gasteiger partial charge is 0.308 e. The second kappa shape index (κ2) is 8.50. The topological polar surface area (TPSA) is 76.4 Å². The van der Waals surface area contributed by atoms with E-state index >= 15 is 0 Å². The number of thioether (sulfide) groups is 1. The van der Waals surface area contributed by atoms with Gasteiger partial charge in [-0.3, -0.25) is 9.69 Å². The monoisotopic (exact) mass is 472 g/mol. The van der Waals surface area contributed by atoms with Gasteiger partial charge in [-0.05, 0) is 60.5 Å². The van der Waals surface area contributed by atoms with Crippen LogP contribution in [0.4, 0.5) is 20.6 Å². The molecule has 0 radical (unpaired) electrons. The van der Waals surface area contributed by atoms with E-state index in [1.54, 1.807) is 35.2 Å². The summed E-state index contributed by atoms with van der Waals surface area (Å²) >= 11 is 1.34. The van der Waals surface area contributed by atoms with E-state index in [-0.39, 0.29) is 12.5 Å². The number of urea groups is 1. The molecule has 34 heavy (non-hydrogen) atoms. The van der Waals surface area contributed by atoms with E-state index in [1.165, 1.54) is 28.8 Å². The maximum atomic E-state index is 14.4. The SMILES string of the molecule is Cc1cccc(NC(=O)N2CCS[C@]23C(=O)N(Cc2cccc(C#N)c2)c2ccc(F)cc23)c1. The molecule has 0 bridgehead atoms. The summed E-state index contributed by atoms with van der Waals surface area (Å²) in [7, 11) is 0. The molecule has 2 heterocycles. The van der Waals surface area contributed by atoms with Crippen LogP contribution in [0.1, 0.15) is 22.3 Å². The second-order valence-corrected chi connectivity index (χ2v) is 9.60. The van der Waals surface area contributed by atoms with E-state index in [9.17, 15) is 19.2 Å². The van der Waals surface area contributed by atoms with Crippen LogP contribution in [0.3, 0.4) is 0 Å². The molecule has 0 unspecified atom stereocenters. The summed E-state index contributed by atoms with van der Waals surface area (Å²) in [5.74, 6) is -0.219. The van der Waals surface area contributed by atoms with Crippen molar-refractivity contribution in [1.29, 1.82) is 5.26 Å². The van der Waals surface area contributed by atoms with Gasteiger partial charge in [0.2, 0.25) is 0 Å². The van der Waals surface area contributed by atoms with Crippen LogP contribution in [-0.4, -0.2) is 29.1 Å². The zero-order chi connectivity index (χ0) is 23.9. The standard InChI is InChI=1S/C26H21FN4O2S/c1-17-4-2-7-21(12-17)29-25(33)31-10-11-34-26(31)22-14-20(27)8-9-23(22)30(24(26)32)16-19-6-3-5-18(13-19)15-28/h2-9,12-14H,10-11,16H2,1H3,(H,29,33)/t26-/m1/s1. The van der Waals surface area contributed by atoms with Crippen LogP contribution in [0, 0.1) is 24.1 Å². The molecule has 1 fully saturated rings. The number of hydrogen-bond acceptors (Lipinski definition) is 4. The fraction of sp³-hybridized carbons (Fsp3) is 0.192. The molecule has 2 aliphatic rings. The lowest BCUT2D eigenvalue weighted by atomic mass is 10.1. The van der Waals surface area contributed by atoms with Gasteiger partial charge in [0.1, 0.15) is 5.82 Å². The molecule has 3 amide bonds. The Morgan fingerprint density at radius 2 is 2.00 bits per heavy atom. The lowest BCUT2D eigenvalue weighted by Crippen LogP contribution is -2.51. The highest BCUT2D eigenvalue weighted by atomic mass is 32.2. The van der Waals surface area contributed by atoms with Gasteiger partial charge in [0.15, 0.2) is 4.87 Å². The Kier molecular flexibility index (Phi) is 5.50. The molecule has 6 nitrogen and oxygen atoms in total. The van der Waals surface area contributed by atoms with Crippen molar-refractivity contribution in [2.75, 3.05) is 22.5 Å². The molecule has 1 spiro atoms. The molecule has 0 aliphatic carbocycles. The van der Waals surface area contributed by atoms with Crippen LogP contribution in [0.2, 0.25) is 0 Å². The summed E-state index contributed by atoms with van der Waals surface area (Å²) in [5, 5.41) is 12.1. The van der Waals surface area contributed by atoms with E-state index in [2.05, 4.69) is 11.4 Å². The number of benzene rings is 3. The van der Waals surface area contributed by atoms with Crippen molar-refractivity contribution in [3.8, 4) is 6.07 Å². The molecule has 1 N–H and O–H groups in total. The first-order chi connectivity index (χ1) is 16.4. The van der Waals surface area contributed by atoms with E-state index in [0.717, 1.165) is 11.1 Å². The highest BCUT2D eigenvalue weighted by molar-refractivity contribution is 8.01. The number of fused-ring (bicyclic) bond motifs is 2. The number of carbonyl (C=O) groups excluding carboxylic acids is 2. The summed E-state index contributed by atoms with van der Waals surface area (Å²) in [6, 6.07) is 20.4. The van der Waals surface area contributed by atoms with Crippen molar-refractivity contribution in [3.05, 3.63) is 94.8 Å². The quantitative estimate of drug-likeness (QED) is 0.583. The number of anilines is 2. The van der Waals surface area contributed by atoms with Gasteiger partial charge in [-0.15, -0.1) is 11.8 Å². The van der Waals surface area contributed by atoms with Crippen LogP contribution in [0.25, 0.3) is 0 Å². The van der Waals surface area contributed by atoms with Crippen molar-refractivity contribution in [3.63, 3.8) is 0 Å². The van der Waals surface area contributed by atoms with Crippen molar-refractivity contribution in [2.24, 2.45) is 0 Å². The molecule has 0 saturated carbocycles. The number of halogens is 1. The number of aryl methyl sites for hydroxylation is 1. The van der Waals surface area contributed by atoms with Gasteiger partial charge in [0.25, 0.3) is 5.91 Å². The Balaban J connectivity index is 1.53. The summed E-state index contributed by atoms with van der Waals surface area (Å²) in [4.78, 5) is 29.1. The van der Waals surface area contributed by atoms with Gasteiger partial charge >= 0.3 is 6.03 Å². The van der Waals surface area contributed by atoms with E-state index in [0.29, 0.717) is 34.8 Å². The third-order valence-electron chi connectivity index (χ3n) is 6.07. The Bertz CT molecular complexity index is 1350. The van der Waals surface area contributed by atoms with Crippen LogP contribution in [0.15, 0.2) is 66.7 Å². The Labute approximate surface area is 201 Å². The van der Waals surface area contributed by atoms with Gasteiger partial charge < -0.3 is 10.2 Å². The van der Waals surface area contributed by atoms with Crippen molar-refractivity contribution >= 4 is 35.1 Å². The molecule has 0 aromatic heterocycles. The highest BCUT2D eigenvalue weighted by Gasteiger charge is 2.59. The largest absolute Gasteiger partial charge is 0.323 e. The maximum absolute atomic E-state index is 14.4. The van der Waals surface area contributed by atoms with Crippen LogP contribution >= 0.6 is 11.8 Å². The predicted molar refractivity (Wildman–Crippen MR) is 130 cm³/mol. The van der Waals surface area contributed by atoms with Gasteiger partial charge in [-0.1, -0.05) is 24.3 Å². The first-order valence-electron chi connectivity index (χ1n) is 10.8. The Morgan fingerprint density at radius 3 is 2.79 bits per heavy atom. The first-order valence-corrected chi connectivity index (χ1v) is 11.8. The minimum atomic E-state index is -1.35. The summed E-state index contributed by atoms with van der Waals surface area (Å²) < 4.78 is 14.4. The van der Waals surface area contributed by atoms with Crippen LogP contribution in [0.5, 0.6) is 0 Å². The van der Waals surface area contributed by atoms with Gasteiger partial charge in [0.05, 0.1) is 23.9 Å². The number of nitrogens with one attached hydrogen (secondary N) is 1. The van der Waals surface area contributed by atoms with Crippen LogP contribution in [-0.2, 0) is 16.2 Å². The first kappa shape index (κ1) is 22.0. The summed E-state index contributed by atoms with van der Waals surface area (Å²) in [6.45, 7) is 2.49. The third-order valence-corrected chi connectivity index (χ3v) is 7.49. The zero-order valence-corrected chi connectivity index (χ0v) is 19.2. The van der Waals surface area contributed by atoms with E-state index in [4.69, 9.17) is 0 Å². The summed E-state index contributed by atoms with van der Waals surface area (Å²) in [6.07, 6.45) is 0. The summed E-state index contributed by atoms with van der Waals surface area (Å²) in [5.41, 5.74) is 3.93. The fourth-order valence-electron chi connectivity index (χ4n) is 4.58. The molecule has 2 aliphatic heterocycles. The Hall–Kier alpha value is -3.83. The minimum Gasteiger partial charge on any atom is -0.308 e. The molecule has 1 saturated heterocycles. The van der Waals surface area contributed by atoms with Gasteiger partial charge in [0, 0.05) is 23.5 Å². The second-order valence-electron chi connectivity index (χ2n) is 8.31. The number of carbonyl (C=O) groups is 2. The number of amides is 3. The molecule has 8 heteroatoms. The average Bonchev–Trinajstić information content (AvgIpc) is 3.36. The zero-order valence-electron chi connectivity index (χ0n) is 18.4. The molecule has 1 atom stereocenters. The lowest BCUT2D eigenvalue weighted by molar-refractivity contribution is -0.123. The molecule has 5 rings (SSSR count). The molecular weight excluding hydrogens is 451 g/mol. The van der Waals surface area contributed by atoms with Gasteiger partial charge in [-0.2, -0.15) is 5.26 Å². The van der Waals surface area contributed by atoms with Crippen LogP contribution < -0.4 is 10.2 Å². The highest BCUT2D eigenvalue weighted by Crippen LogP contribution is 2.54. The van der Waals surface area contributed by atoms with E-state index < -0.39 is 16.7 Å². The predicted octanol–water partition coefficient (Wildman–Crippen LogP) is 4.99. The van der Waals surface area contributed by atoms with Gasteiger partial charge in [-0.25, -0.2) is 9.18 Å². The minimum absolute atomic E-state index is 0.211. The Morgan fingerprint density at radius 1 is 1.18 bits per heavy atom. The molecule has 3 aromatic rings. The fourth-order valence-corrected chi connectivity index (χ4v) is 6.03. The maximum Gasteiger partial charge on any atom is 0.323 e. The number of nitriles is 1. The number of hydrogen-bond donors (Lipinski definition) is 1. The van der Waals surface area contributed by atoms with Crippen molar-refractivity contribution in [1.82, 2.24) is 4.90 Å². The van der Waals surface area contributed by atoms with Crippen molar-refractivity contribution < 1.29 is 14.0 Å². The molecule has 3 aromatic carbocycles. The van der Waals surface area contributed by atoms with E-state index in [1.807, 2.05) is 31.2 Å². The molecule has 170 valence electrons. The number of nitrogens with zero attached hydrogens (tertiary/aromatic N) is 3. The average molecular weight is 473 g/mol. The third kappa shape index (κ3) is 3.58. The number of rotatable bonds is 3. The lowest BCUT2D eigenvalue weighted by Gasteiger charge is -2.33. The normalized spacial score (nSPS) is 18.8. The van der Waals surface area contributed by atoms with Crippen molar-refractivity contribution in [2.45, 2.75) is 18.3 Å².